The number of carbonyl (C=O) groups excluding carboxylic acids is 1. The molecule has 0 unspecified atom stereocenters. The summed E-state index contributed by atoms with van der Waals surface area (Å²) in [6, 6.07) is 12.6. The Morgan fingerprint density at radius 3 is 2.85 bits per heavy atom. The van der Waals surface area contributed by atoms with Crippen molar-refractivity contribution in [2.45, 2.75) is 19.0 Å². The predicted octanol–water partition coefficient (Wildman–Crippen LogP) is 2.65. The molecule has 0 bridgehead atoms. The van der Waals surface area contributed by atoms with Crippen LogP contribution in [-0.2, 0) is 13.0 Å². The number of nitrogen functional groups attached to an aromatic ring is 1. The molecule has 0 fully saturated rings. The summed E-state index contributed by atoms with van der Waals surface area (Å²) < 4.78 is 0. The number of nitrogens with one attached hydrogen (secondary N) is 1. The second-order valence-electron chi connectivity index (χ2n) is 6.52. The molecular formula is C20H21N5OS. The molecule has 4 rings (SSSR count). The second-order valence-corrected chi connectivity index (χ2v) is 7.52. The summed E-state index contributed by atoms with van der Waals surface area (Å²) in [6.07, 6.45) is 4.00. The first-order chi connectivity index (χ1) is 13.2. The first kappa shape index (κ1) is 17.6. The Morgan fingerprint density at radius 1 is 1.22 bits per heavy atom. The lowest BCUT2D eigenvalue weighted by molar-refractivity contribution is 0.0924. The smallest absolute Gasteiger partial charge is 0.273 e. The summed E-state index contributed by atoms with van der Waals surface area (Å²) in [5.74, 6) is -0.151. The van der Waals surface area contributed by atoms with Gasteiger partial charge in [-0.2, -0.15) is 0 Å². The van der Waals surface area contributed by atoms with Gasteiger partial charge < -0.3 is 11.1 Å². The highest BCUT2D eigenvalue weighted by Gasteiger charge is 2.26. The molecule has 0 saturated heterocycles. The van der Waals surface area contributed by atoms with Crippen LogP contribution in [-0.4, -0.2) is 33.9 Å². The Balaban J connectivity index is 1.53. The number of anilines is 1. The van der Waals surface area contributed by atoms with Crippen LogP contribution in [0.3, 0.4) is 0 Å². The van der Waals surface area contributed by atoms with Crippen molar-refractivity contribution < 1.29 is 4.79 Å². The molecule has 138 valence electrons. The number of aromatic nitrogens is 2. The average Bonchev–Trinajstić information content (AvgIpc) is 3.17. The average molecular weight is 379 g/mol. The van der Waals surface area contributed by atoms with Gasteiger partial charge in [-0.3, -0.25) is 9.69 Å². The quantitative estimate of drug-likeness (QED) is 0.712. The molecule has 0 radical (unpaired) electrons. The highest BCUT2D eigenvalue weighted by atomic mass is 32.1. The minimum absolute atomic E-state index is 0.0843. The number of nitrogens with zero attached hydrogens (tertiary/aromatic N) is 3. The first-order valence-corrected chi connectivity index (χ1v) is 9.79. The number of hydrogen-bond acceptors (Lipinski definition) is 6. The minimum atomic E-state index is -0.297. The van der Waals surface area contributed by atoms with Crippen LogP contribution in [0.4, 0.5) is 5.82 Å². The number of rotatable bonds is 5. The fourth-order valence-corrected chi connectivity index (χ4v) is 4.36. The fourth-order valence-electron chi connectivity index (χ4n) is 3.47. The Morgan fingerprint density at radius 2 is 2.04 bits per heavy atom. The molecule has 0 spiro atoms. The van der Waals surface area contributed by atoms with Crippen LogP contribution >= 0.6 is 11.3 Å². The summed E-state index contributed by atoms with van der Waals surface area (Å²) in [5, 5.41) is 5.15. The van der Waals surface area contributed by atoms with Gasteiger partial charge in [0.1, 0.15) is 0 Å². The van der Waals surface area contributed by atoms with Crippen molar-refractivity contribution in [3.63, 3.8) is 0 Å². The fraction of sp³-hybridized carbons (Fsp3) is 0.250. The van der Waals surface area contributed by atoms with E-state index in [2.05, 4.69) is 43.8 Å². The lowest BCUT2D eigenvalue weighted by Gasteiger charge is -2.35. The maximum atomic E-state index is 12.5. The number of nitrogens with two attached hydrogens (primary N) is 1. The first-order valence-electron chi connectivity index (χ1n) is 8.91. The molecule has 1 amide bonds. The van der Waals surface area contributed by atoms with Crippen molar-refractivity contribution in [3.05, 3.63) is 75.9 Å². The van der Waals surface area contributed by atoms with Gasteiger partial charge in [-0.25, -0.2) is 9.97 Å². The predicted molar refractivity (Wildman–Crippen MR) is 106 cm³/mol. The normalized spacial score (nSPS) is 15.1. The van der Waals surface area contributed by atoms with Crippen molar-refractivity contribution in [3.8, 4) is 0 Å². The van der Waals surface area contributed by atoms with Gasteiger partial charge in [0.25, 0.3) is 5.91 Å². The van der Waals surface area contributed by atoms with Crippen molar-refractivity contribution >= 4 is 23.1 Å². The van der Waals surface area contributed by atoms with E-state index in [1.165, 1.54) is 28.4 Å². The number of thiophene rings is 1. The number of benzene rings is 1. The standard InChI is InChI=1S/C20H21N5OS/c21-19-18(22-8-9-23-19)20(26)24-12-16(14-4-2-1-3-5-14)25-10-6-17-15(13-25)7-11-27-17/h1-5,7-9,11,16H,6,10,12-13H2,(H2,21,23)(H,24,26)/t16-/m0/s1. The molecule has 0 aliphatic carbocycles. The maximum absolute atomic E-state index is 12.5. The Kier molecular flexibility index (Phi) is 5.13. The van der Waals surface area contributed by atoms with E-state index in [-0.39, 0.29) is 23.5 Å². The van der Waals surface area contributed by atoms with Gasteiger partial charge in [0.15, 0.2) is 11.5 Å². The van der Waals surface area contributed by atoms with Gasteiger partial charge in [0.2, 0.25) is 0 Å². The topological polar surface area (TPSA) is 84.1 Å². The number of amides is 1. The zero-order chi connectivity index (χ0) is 18.6. The molecule has 6 nitrogen and oxygen atoms in total. The van der Waals surface area contributed by atoms with Crippen LogP contribution in [0, 0.1) is 0 Å². The van der Waals surface area contributed by atoms with E-state index in [0.717, 1.165) is 19.5 Å². The second kappa shape index (κ2) is 7.85. The lowest BCUT2D eigenvalue weighted by Crippen LogP contribution is -2.40. The van der Waals surface area contributed by atoms with Crippen LogP contribution in [0.5, 0.6) is 0 Å². The third-order valence-electron chi connectivity index (χ3n) is 4.86. The van der Waals surface area contributed by atoms with Gasteiger partial charge in [0.05, 0.1) is 6.04 Å². The highest BCUT2D eigenvalue weighted by molar-refractivity contribution is 7.10. The van der Waals surface area contributed by atoms with E-state index in [4.69, 9.17) is 5.73 Å². The van der Waals surface area contributed by atoms with Gasteiger partial charge in [0, 0.05) is 36.9 Å². The van der Waals surface area contributed by atoms with E-state index in [1.54, 1.807) is 0 Å². The van der Waals surface area contributed by atoms with Crippen molar-refractivity contribution in [2.24, 2.45) is 0 Å². The molecule has 1 aromatic carbocycles. The molecule has 1 atom stereocenters. The third kappa shape index (κ3) is 3.84. The van der Waals surface area contributed by atoms with E-state index in [0.29, 0.717) is 6.54 Å². The molecule has 3 heterocycles. The summed E-state index contributed by atoms with van der Waals surface area (Å²) in [5.41, 5.74) is 8.52. The Hall–Kier alpha value is -2.77. The van der Waals surface area contributed by atoms with Crippen molar-refractivity contribution in [2.75, 3.05) is 18.8 Å². The number of fused-ring (bicyclic) bond motifs is 1. The summed E-state index contributed by atoms with van der Waals surface area (Å²) in [4.78, 5) is 24.4. The van der Waals surface area contributed by atoms with E-state index < -0.39 is 0 Å². The molecule has 27 heavy (non-hydrogen) atoms. The van der Waals surface area contributed by atoms with Crippen LogP contribution in [0.25, 0.3) is 0 Å². The van der Waals surface area contributed by atoms with E-state index >= 15 is 0 Å². The van der Waals surface area contributed by atoms with Gasteiger partial charge in [-0.15, -0.1) is 11.3 Å². The van der Waals surface area contributed by atoms with Crippen molar-refractivity contribution in [1.29, 1.82) is 0 Å². The van der Waals surface area contributed by atoms with Crippen LogP contribution in [0.2, 0.25) is 0 Å². The number of hydrogen-bond donors (Lipinski definition) is 2. The summed E-state index contributed by atoms with van der Waals surface area (Å²) in [7, 11) is 0. The maximum Gasteiger partial charge on any atom is 0.273 e. The molecule has 3 N–H and O–H groups in total. The van der Waals surface area contributed by atoms with Crippen LogP contribution < -0.4 is 11.1 Å². The molecule has 3 aromatic rings. The van der Waals surface area contributed by atoms with E-state index in [9.17, 15) is 4.79 Å². The molecular weight excluding hydrogens is 358 g/mol. The summed E-state index contributed by atoms with van der Waals surface area (Å²) in [6.45, 7) is 2.34. The van der Waals surface area contributed by atoms with Gasteiger partial charge >= 0.3 is 0 Å². The SMILES string of the molecule is Nc1nccnc1C(=O)NC[C@@H](c1ccccc1)N1CCc2sccc2C1. The lowest BCUT2D eigenvalue weighted by atomic mass is 10.0. The zero-order valence-electron chi connectivity index (χ0n) is 14.8. The van der Waals surface area contributed by atoms with Crippen molar-refractivity contribution in [1.82, 2.24) is 20.2 Å². The minimum Gasteiger partial charge on any atom is -0.382 e. The highest BCUT2D eigenvalue weighted by Crippen LogP contribution is 2.30. The monoisotopic (exact) mass is 379 g/mol. The van der Waals surface area contributed by atoms with Crippen LogP contribution in [0.1, 0.15) is 32.5 Å². The Labute approximate surface area is 162 Å². The largest absolute Gasteiger partial charge is 0.382 e. The third-order valence-corrected chi connectivity index (χ3v) is 5.88. The molecule has 1 aliphatic rings. The molecule has 7 heteroatoms. The van der Waals surface area contributed by atoms with Crippen LogP contribution in [0.15, 0.2) is 54.2 Å². The molecule has 0 saturated carbocycles. The van der Waals surface area contributed by atoms with E-state index in [1.807, 2.05) is 29.5 Å². The van der Waals surface area contributed by atoms with Gasteiger partial charge in [-0.05, 0) is 29.0 Å². The summed E-state index contributed by atoms with van der Waals surface area (Å²) >= 11 is 1.83. The molecule has 2 aromatic heterocycles. The van der Waals surface area contributed by atoms with Gasteiger partial charge in [-0.1, -0.05) is 30.3 Å². The Bertz CT molecular complexity index is 927. The zero-order valence-corrected chi connectivity index (χ0v) is 15.7. The number of carbonyl (C=O) groups is 1. The molecule has 1 aliphatic heterocycles.